The van der Waals surface area contributed by atoms with E-state index in [1.54, 1.807) is 7.11 Å². The topological polar surface area (TPSA) is 32.7 Å². The summed E-state index contributed by atoms with van der Waals surface area (Å²) in [6.45, 7) is 7.89. The molecule has 1 aromatic rings. The van der Waals surface area contributed by atoms with Crippen molar-refractivity contribution in [1.29, 1.82) is 0 Å². The number of ether oxygens (including phenoxy) is 1. The van der Waals surface area contributed by atoms with Gasteiger partial charge < -0.3 is 9.84 Å². The van der Waals surface area contributed by atoms with Crippen LogP contribution in [0.5, 0.6) is 11.5 Å². The van der Waals surface area contributed by atoms with Gasteiger partial charge in [-0.3, -0.25) is 4.90 Å². The highest BCUT2D eigenvalue weighted by Gasteiger charge is 2.22. The van der Waals surface area contributed by atoms with Gasteiger partial charge in [-0.25, -0.2) is 0 Å². The highest BCUT2D eigenvalue weighted by molar-refractivity contribution is 14.1. The van der Waals surface area contributed by atoms with Gasteiger partial charge in [0.25, 0.3) is 0 Å². The van der Waals surface area contributed by atoms with E-state index in [9.17, 15) is 5.11 Å². The first-order valence-electron chi connectivity index (χ1n) is 6.77. The summed E-state index contributed by atoms with van der Waals surface area (Å²) in [6, 6.07) is 3.99. The van der Waals surface area contributed by atoms with Crippen molar-refractivity contribution in [1.82, 2.24) is 4.90 Å². The minimum absolute atomic E-state index is 0.243. The third-order valence-electron chi connectivity index (χ3n) is 3.66. The van der Waals surface area contributed by atoms with E-state index in [2.05, 4.69) is 41.3 Å². The summed E-state index contributed by atoms with van der Waals surface area (Å²) in [7, 11) is 1.60. The summed E-state index contributed by atoms with van der Waals surface area (Å²) >= 11 is 2.15. The molecule has 1 aliphatic heterocycles. The van der Waals surface area contributed by atoms with E-state index in [0.29, 0.717) is 5.75 Å². The average Bonchev–Trinajstić information content (AvgIpc) is 2.32. The zero-order valence-corrected chi connectivity index (χ0v) is 14.0. The molecule has 1 fully saturated rings. The first-order chi connectivity index (χ1) is 8.99. The van der Waals surface area contributed by atoms with Gasteiger partial charge in [0.2, 0.25) is 0 Å². The van der Waals surface area contributed by atoms with Crippen molar-refractivity contribution in [3.8, 4) is 11.5 Å². The second-order valence-electron chi connectivity index (χ2n) is 5.77. The third kappa shape index (κ3) is 3.75. The number of benzene rings is 1. The van der Waals surface area contributed by atoms with Crippen LogP contribution < -0.4 is 4.74 Å². The van der Waals surface area contributed by atoms with E-state index in [-0.39, 0.29) is 5.75 Å². The zero-order chi connectivity index (χ0) is 14.0. The van der Waals surface area contributed by atoms with Crippen molar-refractivity contribution in [3.63, 3.8) is 0 Å². The molecule has 2 rings (SSSR count). The fourth-order valence-corrected chi connectivity index (χ4v) is 3.72. The van der Waals surface area contributed by atoms with Crippen molar-refractivity contribution in [2.75, 3.05) is 20.2 Å². The molecule has 1 heterocycles. The molecule has 3 nitrogen and oxygen atoms in total. The molecule has 19 heavy (non-hydrogen) atoms. The summed E-state index contributed by atoms with van der Waals surface area (Å²) in [5.41, 5.74) is 1.21. The Labute approximate surface area is 129 Å². The molecule has 0 radical (unpaired) electrons. The third-order valence-corrected chi connectivity index (χ3v) is 4.48. The smallest absolute Gasteiger partial charge is 0.171 e. The summed E-state index contributed by atoms with van der Waals surface area (Å²) in [5.74, 6) is 2.34. The monoisotopic (exact) mass is 375 g/mol. The van der Waals surface area contributed by atoms with Crippen LogP contribution in [-0.2, 0) is 6.54 Å². The van der Waals surface area contributed by atoms with Crippen LogP contribution in [0.2, 0.25) is 0 Å². The van der Waals surface area contributed by atoms with Crippen LogP contribution in [0.25, 0.3) is 0 Å². The van der Waals surface area contributed by atoms with Gasteiger partial charge in [0.1, 0.15) is 0 Å². The lowest BCUT2D eigenvalue weighted by Crippen LogP contribution is -2.38. The van der Waals surface area contributed by atoms with E-state index in [1.165, 1.54) is 12.0 Å². The Bertz CT molecular complexity index is 440. The van der Waals surface area contributed by atoms with Crippen LogP contribution in [-0.4, -0.2) is 30.2 Å². The molecule has 106 valence electrons. The Morgan fingerprint density at radius 1 is 1.32 bits per heavy atom. The number of likely N-dealkylation sites (tertiary alicyclic amines) is 1. The van der Waals surface area contributed by atoms with Crippen LogP contribution in [0.4, 0.5) is 0 Å². The van der Waals surface area contributed by atoms with Crippen LogP contribution in [0.15, 0.2) is 12.1 Å². The van der Waals surface area contributed by atoms with Crippen LogP contribution in [0.1, 0.15) is 25.8 Å². The highest BCUT2D eigenvalue weighted by atomic mass is 127. The number of phenolic OH excluding ortho intramolecular Hbond substituents is 1. The van der Waals surface area contributed by atoms with Gasteiger partial charge in [-0.2, -0.15) is 0 Å². The maximum absolute atomic E-state index is 9.87. The predicted molar refractivity (Wildman–Crippen MR) is 85.6 cm³/mol. The lowest BCUT2D eigenvalue weighted by molar-refractivity contribution is 0.134. The van der Waals surface area contributed by atoms with Crippen molar-refractivity contribution in [3.05, 3.63) is 21.3 Å². The molecule has 4 heteroatoms. The molecule has 0 bridgehead atoms. The van der Waals surface area contributed by atoms with Gasteiger partial charge in [-0.1, -0.05) is 13.8 Å². The SMILES string of the molecule is COc1cc(CN2C[C@@H](C)C[C@H](C)C2)cc(I)c1O. The standard InChI is InChI=1S/C15H22INO2/c1-10-4-11(2)8-17(7-10)9-12-5-13(16)15(18)14(6-12)19-3/h5-6,10-11,18H,4,7-9H2,1-3H3/t10-,11-/m0/s1. The van der Waals surface area contributed by atoms with Gasteiger partial charge in [0.15, 0.2) is 11.5 Å². The molecular weight excluding hydrogens is 353 g/mol. The molecule has 0 saturated carbocycles. The highest BCUT2D eigenvalue weighted by Crippen LogP contribution is 2.33. The maximum Gasteiger partial charge on any atom is 0.171 e. The number of phenols is 1. The molecule has 1 aromatic carbocycles. The first kappa shape index (κ1) is 14.9. The second kappa shape index (κ2) is 6.31. The normalized spacial score (nSPS) is 24.4. The molecule has 1 saturated heterocycles. The quantitative estimate of drug-likeness (QED) is 0.822. The van der Waals surface area contributed by atoms with Crippen molar-refractivity contribution >= 4 is 22.6 Å². The Morgan fingerprint density at radius 3 is 2.53 bits per heavy atom. The Morgan fingerprint density at radius 2 is 1.95 bits per heavy atom. The van der Waals surface area contributed by atoms with E-state index in [1.807, 2.05) is 12.1 Å². The first-order valence-corrected chi connectivity index (χ1v) is 7.85. The number of hydrogen-bond donors (Lipinski definition) is 1. The number of aromatic hydroxyl groups is 1. The molecule has 1 N–H and O–H groups in total. The molecule has 1 aliphatic rings. The minimum Gasteiger partial charge on any atom is -0.504 e. The zero-order valence-electron chi connectivity index (χ0n) is 11.8. The Kier molecular flexibility index (Phi) is 4.95. The van der Waals surface area contributed by atoms with Crippen LogP contribution >= 0.6 is 22.6 Å². The number of halogens is 1. The number of rotatable bonds is 3. The van der Waals surface area contributed by atoms with Crippen molar-refractivity contribution in [2.45, 2.75) is 26.8 Å². The average molecular weight is 375 g/mol. The number of nitrogens with zero attached hydrogens (tertiary/aromatic N) is 1. The van der Waals surface area contributed by atoms with Gasteiger partial charge in [-0.15, -0.1) is 0 Å². The second-order valence-corrected chi connectivity index (χ2v) is 6.93. The number of hydrogen-bond acceptors (Lipinski definition) is 3. The number of methoxy groups -OCH3 is 1. The molecule has 0 unspecified atom stereocenters. The van der Waals surface area contributed by atoms with Gasteiger partial charge >= 0.3 is 0 Å². The largest absolute Gasteiger partial charge is 0.504 e. The van der Waals surface area contributed by atoms with Crippen molar-refractivity contribution in [2.24, 2.45) is 11.8 Å². The van der Waals surface area contributed by atoms with Crippen LogP contribution in [0.3, 0.4) is 0 Å². The molecule has 0 aromatic heterocycles. The van der Waals surface area contributed by atoms with Crippen molar-refractivity contribution < 1.29 is 9.84 Å². The molecule has 0 aliphatic carbocycles. The summed E-state index contributed by atoms with van der Waals surface area (Å²) < 4.78 is 6.08. The fraction of sp³-hybridized carbons (Fsp3) is 0.600. The molecule has 0 spiro atoms. The predicted octanol–water partition coefficient (Wildman–Crippen LogP) is 3.48. The molecule has 0 amide bonds. The maximum atomic E-state index is 9.87. The van der Waals surface area contributed by atoms with E-state index in [0.717, 1.165) is 35.0 Å². The van der Waals surface area contributed by atoms with Gasteiger partial charge in [0, 0.05) is 19.6 Å². The Balaban J connectivity index is 2.12. The molecular formula is C15H22INO2. The lowest BCUT2D eigenvalue weighted by atomic mass is 9.91. The summed E-state index contributed by atoms with van der Waals surface area (Å²) in [5, 5.41) is 9.87. The number of piperidine rings is 1. The lowest BCUT2D eigenvalue weighted by Gasteiger charge is -2.35. The fourth-order valence-electron chi connectivity index (χ4n) is 3.05. The van der Waals surface area contributed by atoms with Crippen LogP contribution in [0, 0.1) is 15.4 Å². The summed E-state index contributed by atoms with van der Waals surface area (Å²) in [4.78, 5) is 2.50. The van der Waals surface area contributed by atoms with E-state index < -0.39 is 0 Å². The van der Waals surface area contributed by atoms with Gasteiger partial charge in [0.05, 0.1) is 10.7 Å². The van der Waals surface area contributed by atoms with Gasteiger partial charge in [-0.05, 0) is 58.5 Å². The summed E-state index contributed by atoms with van der Waals surface area (Å²) in [6.07, 6.45) is 1.33. The minimum atomic E-state index is 0.243. The van der Waals surface area contributed by atoms with E-state index in [4.69, 9.17) is 4.74 Å². The molecule has 2 atom stereocenters. The van der Waals surface area contributed by atoms with E-state index >= 15 is 0 Å². The Hall–Kier alpha value is -0.490.